The van der Waals surface area contributed by atoms with Crippen LogP contribution in [0.1, 0.15) is 16.0 Å². The molecule has 100 valence electrons. The van der Waals surface area contributed by atoms with Gasteiger partial charge in [0.25, 0.3) is 0 Å². The van der Waals surface area contributed by atoms with Crippen molar-refractivity contribution in [1.82, 2.24) is 0 Å². The van der Waals surface area contributed by atoms with E-state index in [1.54, 1.807) is 13.2 Å². The molecule has 0 saturated heterocycles. The number of hydrogen-bond acceptors (Lipinski definition) is 1. The lowest BCUT2D eigenvalue weighted by atomic mass is 10.0. The van der Waals surface area contributed by atoms with Gasteiger partial charge in [-0.1, -0.05) is 67.2 Å². The van der Waals surface area contributed by atoms with E-state index in [1.165, 1.54) is 0 Å². The molecule has 19 heavy (non-hydrogen) atoms. The summed E-state index contributed by atoms with van der Waals surface area (Å²) in [5, 5.41) is 1.35. The SMILES string of the molecule is COc1ccc(C(Br)c2ccc(Cl)cc2Br)c(Cl)c1. The van der Waals surface area contributed by atoms with Gasteiger partial charge in [0.1, 0.15) is 5.75 Å². The molecule has 0 spiro atoms. The summed E-state index contributed by atoms with van der Waals surface area (Å²) in [7, 11) is 1.62. The highest BCUT2D eigenvalue weighted by Crippen LogP contribution is 2.40. The number of ether oxygens (including phenoxy) is 1. The largest absolute Gasteiger partial charge is 0.497 e. The van der Waals surface area contributed by atoms with Crippen molar-refractivity contribution in [3.63, 3.8) is 0 Å². The number of alkyl halides is 1. The smallest absolute Gasteiger partial charge is 0.120 e. The Balaban J connectivity index is 2.41. The molecular weight excluding hydrogens is 415 g/mol. The highest BCUT2D eigenvalue weighted by Gasteiger charge is 2.17. The lowest BCUT2D eigenvalue weighted by molar-refractivity contribution is 0.414. The van der Waals surface area contributed by atoms with Crippen LogP contribution in [0.15, 0.2) is 40.9 Å². The topological polar surface area (TPSA) is 9.23 Å². The van der Waals surface area contributed by atoms with Crippen molar-refractivity contribution in [2.24, 2.45) is 0 Å². The van der Waals surface area contributed by atoms with Crippen LogP contribution < -0.4 is 4.74 Å². The second-order valence-electron chi connectivity index (χ2n) is 3.92. The van der Waals surface area contributed by atoms with Gasteiger partial charge < -0.3 is 4.74 Å². The van der Waals surface area contributed by atoms with E-state index in [9.17, 15) is 0 Å². The fraction of sp³-hybridized carbons (Fsp3) is 0.143. The molecule has 5 heteroatoms. The van der Waals surface area contributed by atoms with Crippen LogP contribution in [0.2, 0.25) is 10.0 Å². The zero-order valence-corrected chi connectivity index (χ0v) is 14.6. The molecule has 0 heterocycles. The van der Waals surface area contributed by atoms with E-state index >= 15 is 0 Å². The zero-order valence-electron chi connectivity index (χ0n) is 9.96. The molecule has 0 fully saturated rings. The predicted octanol–water partition coefficient (Wildman–Crippen LogP) is 6.25. The van der Waals surface area contributed by atoms with Crippen LogP contribution in [0.25, 0.3) is 0 Å². The van der Waals surface area contributed by atoms with Crippen molar-refractivity contribution in [2.75, 3.05) is 7.11 Å². The molecule has 0 N–H and O–H groups in total. The molecule has 0 saturated carbocycles. The van der Waals surface area contributed by atoms with Crippen LogP contribution >= 0.6 is 55.1 Å². The minimum Gasteiger partial charge on any atom is -0.497 e. The molecule has 0 aliphatic rings. The first-order valence-electron chi connectivity index (χ1n) is 5.45. The third-order valence-corrected chi connectivity index (χ3v) is 4.95. The van der Waals surface area contributed by atoms with Crippen molar-refractivity contribution in [1.29, 1.82) is 0 Å². The molecule has 1 unspecified atom stereocenters. The summed E-state index contributed by atoms with van der Waals surface area (Å²) in [6, 6.07) is 11.3. The summed E-state index contributed by atoms with van der Waals surface area (Å²) in [5.74, 6) is 0.739. The normalized spacial score (nSPS) is 12.3. The molecule has 2 rings (SSSR count). The van der Waals surface area contributed by atoms with Gasteiger partial charge in [-0.25, -0.2) is 0 Å². The number of benzene rings is 2. The maximum Gasteiger partial charge on any atom is 0.120 e. The number of hydrogen-bond donors (Lipinski definition) is 0. The standard InChI is InChI=1S/C14H10Br2Cl2O/c1-19-9-3-5-11(13(18)7-9)14(16)10-4-2-8(17)6-12(10)15/h2-7,14H,1H3. The molecule has 1 atom stereocenters. The average molecular weight is 425 g/mol. The lowest BCUT2D eigenvalue weighted by Gasteiger charge is -2.15. The Hall–Kier alpha value is -0.220. The maximum atomic E-state index is 6.29. The van der Waals surface area contributed by atoms with Gasteiger partial charge in [-0.3, -0.25) is 0 Å². The first-order chi connectivity index (χ1) is 9.02. The second kappa shape index (κ2) is 6.49. The van der Waals surface area contributed by atoms with E-state index in [-0.39, 0.29) is 4.83 Å². The summed E-state index contributed by atoms with van der Waals surface area (Å²) in [4.78, 5) is -0.0162. The molecule has 0 aliphatic heterocycles. The van der Waals surface area contributed by atoms with E-state index in [0.717, 1.165) is 21.3 Å². The molecular formula is C14H10Br2Cl2O. The molecule has 0 aliphatic carbocycles. The Morgan fingerprint density at radius 1 is 1.05 bits per heavy atom. The molecule has 2 aromatic rings. The molecule has 0 bridgehead atoms. The summed E-state index contributed by atoms with van der Waals surface area (Å²) in [5.41, 5.74) is 2.04. The van der Waals surface area contributed by atoms with Crippen LogP contribution in [0.3, 0.4) is 0 Å². The zero-order chi connectivity index (χ0) is 14.0. The minimum absolute atomic E-state index is 0.0162. The average Bonchev–Trinajstić information content (AvgIpc) is 2.37. The highest BCUT2D eigenvalue weighted by molar-refractivity contribution is 9.11. The van der Waals surface area contributed by atoms with Crippen LogP contribution in [-0.4, -0.2) is 7.11 Å². The fourth-order valence-corrected chi connectivity index (χ4v) is 4.14. The fourth-order valence-electron chi connectivity index (χ4n) is 1.71. The first-order valence-corrected chi connectivity index (χ1v) is 7.92. The summed E-state index contributed by atoms with van der Waals surface area (Å²) in [6.07, 6.45) is 0. The maximum absolute atomic E-state index is 6.29. The Labute approximate surface area is 139 Å². The summed E-state index contributed by atoms with van der Waals surface area (Å²) < 4.78 is 6.09. The van der Waals surface area contributed by atoms with Crippen molar-refractivity contribution >= 4 is 55.1 Å². The minimum atomic E-state index is -0.0162. The first kappa shape index (κ1) is 15.2. The van der Waals surface area contributed by atoms with Crippen molar-refractivity contribution < 1.29 is 4.74 Å². The Kier molecular flexibility index (Phi) is 5.18. The van der Waals surface area contributed by atoms with Gasteiger partial charge in [0.2, 0.25) is 0 Å². The van der Waals surface area contributed by atoms with Gasteiger partial charge in [-0.2, -0.15) is 0 Å². The molecule has 1 nitrogen and oxygen atoms in total. The number of halogens is 4. The van der Waals surface area contributed by atoms with Crippen LogP contribution in [0.5, 0.6) is 5.75 Å². The highest BCUT2D eigenvalue weighted by atomic mass is 79.9. The predicted molar refractivity (Wildman–Crippen MR) is 87.9 cm³/mol. The van der Waals surface area contributed by atoms with E-state index < -0.39 is 0 Å². The van der Waals surface area contributed by atoms with Gasteiger partial charge in [0.05, 0.1) is 11.9 Å². The Bertz CT molecular complexity index is 602. The van der Waals surface area contributed by atoms with Crippen molar-refractivity contribution in [3.05, 3.63) is 62.0 Å². The third-order valence-electron chi connectivity index (χ3n) is 2.72. The second-order valence-corrected chi connectivity index (χ2v) is 6.53. The van der Waals surface area contributed by atoms with E-state index in [1.807, 2.05) is 30.3 Å². The molecule has 0 aromatic heterocycles. The van der Waals surface area contributed by atoms with Gasteiger partial charge in [0, 0.05) is 14.5 Å². The summed E-state index contributed by atoms with van der Waals surface area (Å²) >= 11 is 19.4. The molecule has 0 amide bonds. The van der Waals surface area contributed by atoms with Gasteiger partial charge >= 0.3 is 0 Å². The van der Waals surface area contributed by atoms with Gasteiger partial charge in [-0.05, 0) is 35.4 Å². The monoisotopic (exact) mass is 422 g/mol. The summed E-state index contributed by atoms with van der Waals surface area (Å²) in [6.45, 7) is 0. The van der Waals surface area contributed by atoms with Crippen molar-refractivity contribution in [3.8, 4) is 5.75 Å². The van der Waals surface area contributed by atoms with E-state index in [4.69, 9.17) is 27.9 Å². The molecule has 2 aromatic carbocycles. The van der Waals surface area contributed by atoms with E-state index in [0.29, 0.717) is 10.0 Å². The molecule has 0 radical (unpaired) electrons. The van der Waals surface area contributed by atoms with Crippen LogP contribution in [0, 0.1) is 0 Å². The van der Waals surface area contributed by atoms with Crippen molar-refractivity contribution in [2.45, 2.75) is 4.83 Å². The number of rotatable bonds is 3. The quantitative estimate of drug-likeness (QED) is 0.529. The van der Waals surface area contributed by atoms with Gasteiger partial charge in [-0.15, -0.1) is 0 Å². The third kappa shape index (κ3) is 3.46. The van der Waals surface area contributed by atoms with Crippen LogP contribution in [-0.2, 0) is 0 Å². The van der Waals surface area contributed by atoms with Crippen LogP contribution in [0.4, 0.5) is 0 Å². The number of methoxy groups -OCH3 is 1. The Morgan fingerprint density at radius 2 is 1.74 bits per heavy atom. The lowest BCUT2D eigenvalue weighted by Crippen LogP contribution is -1.96. The van der Waals surface area contributed by atoms with E-state index in [2.05, 4.69) is 31.9 Å². The van der Waals surface area contributed by atoms with Gasteiger partial charge in [0.15, 0.2) is 0 Å². The Morgan fingerprint density at radius 3 is 2.32 bits per heavy atom.